The van der Waals surface area contributed by atoms with E-state index in [1.165, 1.54) is 50.0 Å². The van der Waals surface area contributed by atoms with E-state index in [2.05, 4.69) is 128 Å². The van der Waals surface area contributed by atoms with Crippen molar-refractivity contribution in [2.75, 3.05) is 13.1 Å². The number of piperidine rings is 3. The molecule has 6 aromatic rings. The Morgan fingerprint density at radius 3 is 2.25 bits per heavy atom. The maximum absolute atomic E-state index is 7.15. The van der Waals surface area contributed by atoms with Crippen LogP contribution in [0.2, 0.25) is 0 Å². The number of hydrogen-bond acceptors (Lipinski definition) is 2. The van der Waals surface area contributed by atoms with Gasteiger partial charge in [0, 0.05) is 35.9 Å². The zero-order valence-electron chi connectivity index (χ0n) is 25.2. The van der Waals surface area contributed by atoms with Gasteiger partial charge in [0.15, 0.2) is 0 Å². The van der Waals surface area contributed by atoms with Crippen LogP contribution in [0.3, 0.4) is 0 Å². The number of quaternary nitrogens is 1. The monoisotopic (exact) mass is 575 g/mol. The van der Waals surface area contributed by atoms with Crippen molar-refractivity contribution >= 4 is 32.4 Å². The number of aromatic nitrogens is 1. The minimum Gasteiger partial charge on any atom is -0.363 e. The van der Waals surface area contributed by atoms with Crippen molar-refractivity contribution in [2.45, 2.75) is 38.1 Å². The lowest BCUT2D eigenvalue weighted by Crippen LogP contribution is -2.67. The zero-order valence-corrected chi connectivity index (χ0v) is 25.2. The molecule has 44 heavy (non-hydrogen) atoms. The number of rotatable bonds is 8. The topological polar surface area (TPSA) is 22.1 Å². The van der Waals surface area contributed by atoms with Crippen LogP contribution >= 0.6 is 0 Å². The van der Waals surface area contributed by atoms with E-state index in [9.17, 15) is 0 Å². The summed E-state index contributed by atoms with van der Waals surface area (Å²) in [6.07, 6.45) is 6.53. The molecule has 3 aliphatic rings. The first-order valence-electron chi connectivity index (χ1n) is 16.1. The first kappa shape index (κ1) is 27.3. The Labute approximate surface area is 260 Å². The molecule has 3 aliphatic heterocycles. The predicted octanol–water partition coefficient (Wildman–Crippen LogP) is 9.41. The summed E-state index contributed by atoms with van der Waals surface area (Å²) in [4.78, 5) is 4.74. The van der Waals surface area contributed by atoms with Crippen LogP contribution in [-0.4, -0.2) is 28.6 Å². The summed E-state index contributed by atoms with van der Waals surface area (Å²) in [5.74, 6) is 1.16. The highest BCUT2D eigenvalue weighted by Gasteiger charge is 2.55. The Kier molecular flexibility index (Phi) is 7.01. The number of para-hydroxylation sites is 1. The third-order valence-corrected chi connectivity index (χ3v) is 10.6. The highest BCUT2D eigenvalue weighted by atomic mass is 16.5. The molecule has 3 saturated heterocycles. The lowest BCUT2D eigenvalue weighted by atomic mass is 9.70. The van der Waals surface area contributed by atoms with Gasteiger partial charge in [-0.1, -0.05) is 103 Å². The Hall–Kier alpha value is -4.31. The molecule has 5 atom stereocenters. The standard InChI is InChI=1S/C41H39N2O/c1-2-30-26-43(27-38-34-16-8-6-14-32(34)24-33-15-7-9-17-35(33)38)23-21-31(30)25-40(43)41(44-28-29-12-4-3-5-13-29)37-20-22-42-39-19-11-10-18-36(37)39/h2-20,22,24,30-31,40-41H,1,21,23,25-28H2/q+1/t30-,31-,40+,41-,43-/m0/s1. The maximum Gasteiger partial charge on any atom is 0.135 e. The zero-order chi connectivity index (χ0) is 29.5. The molecule has 9 rings (SSSR count). The van der Waals surface area contributed by atoms with Crippen molar-refractivity contribution in [2.24, 2.45) is 11.8 Å². The molecule has 0 N–H and O–H groups in total. The van der Waals surface area contributed by atoms with E-state index in [0.29, 0.717) is 24.5 Å². The molecular weight excluding hydrogens is 536 g/mol. The van der Waals surface area contributed by atoms with Gasteiger partial charge in [0.2, 0.25) is 0 Å². The normalized spacial score (nSPS) is 23.7. The molecule has 3 nitrogen and oxygen atoms in total. The van der Waals surface area contributed by atoms with Gasteiger partial charge >= 0.3 is 0 Å². The summed E-state index contributed by atoms with van der Waals surface area (Å²) in [5.41, 5.74) is 4.97. The first-order chi connectivity index (χ1) is 21.7. The van der Waals surface area contributed by atoms with E-state index in [0.717, 1.165) is 36.1 Å². The van der Waals surface area contributed by atoms with Gasteiger partial charge in [0.25, 0.3) is 0 Å². The summed E-state index contributed by atoms with van der Waals surface area (Å²) in [6, 6.07) is 42.0. The fourth-order valence-electron chi connectivity index (χ4n) is 8.49. The van der Waals surface area contributed by atoms with E-state index in [4.69, 9.17) is 9.72 Å². The van der Waals surface area contributed by atoms with Gasteiger partial charge in [0.05, 0.1) is 25.2 Å². The lowest BCUT2D eigenvalue weighted by Gasteiger charge is -2.58. The highest BCUT2D eigenvalue weighted by Crippen LogP contribution is 2.50. The Bertz CT molecular complexity index is 1910. The Morgan fingerprint density at radius 1 is 0.818 bits per heavy atom. The van der Waals surface area contributed by atoms with Crippen LogP contribution in [0.25, 0.3) is 32.4 Å². The van der Waals surface area contributed by atoms with Gasteiger partial charge in [-0.05, 0) is 56.8 Å². The molecule has 0 radical (unpaired) electrons. The SMILES string of the molecule is C=C[C@H]1C[N@+]2(Cc3c4ccccc4cc4ccccc34)CC[C@H]1C[C@@H]2[C@@H](OCc1ccccc1)c1ccnc2ccccc12. The van der Waals surface area contributed by atoms with Crippen LogP contribution in [0.4, 0.5) is 0 Å². The Balaban J connectivity index is 1.30. The Morgan fingerprint density at radius 2 is 1.50 bits per heavy atom. The minimum atomic E-state index is -0.0575. The number of nitrogens with zero attached hydrogens (tertiary/aromatic N) is 2. The summed E-state index contributed by atoms with van der Waals surface area (Å²) in [7, 11) is 0. The summed E-state index contributed by atoms with van der Waals surface area (Å²) >= 11 is 0. The van der Waals surface area contributed by atoms with E-state index in [-0.39, 0.29) is 6.10 Å². The van der Waals surface area contributed by atoms with Crippen LogP contribution in [0.5, 0.6) is 0 Å². The molecule has 5 aromatic carbocycles. The molecular formula is C41H39N2O+. The number of hydrogen-bond donors (Lipinski definition) is 0. The molecule has 3 heteroatoms. The van der Waals surface area contributed by atoms with Crippen molar-refractivity contribution < 1.29 is 9.22 Å². The fraction of sp³-hybridized carbons (Fsp3) is 0.244. The average Bonchev–Trinajstić information content (AvgIpc) is 3.09. The lowest BCUT2D eigenvalue weighted by molar-refractivity contribution is -0.984. The van der Waals surface area contributed by atoms with Gasteiger partial charge in [-0.25, -0.2) is 0 Å². The van der Waals surface area contributed by atoms with Crippen LogP contribution in [0.15, 0.2) is 134 Å². The second-order valence-corrected chi connectivity index (χ2v) is 13.0. The van der Waals surface area contributed by atoms with Crippen molar-refractivity contribution in [3.63, 3.8) is 0 Å². The van der Waals surface area contributed by atoms with Gasteiger partial charge in [0.1, 0.15) is 18.7 Å². The number of pyridine rings is 1. The van der Waals surface area contributed by atoms with Gasteiger partial charge in [-0.15, -0.1) is 6.58 Å². The van der Waals surface area contributed by atoms with Crippen LogP contribution in [-0.2, 0) is 17.9 Å². The van der Waals surface area contributed by atoms with Gasteiger partial charge < -0.3 is 9.22 Å². The fourth-order valence-corrected chi connectivity index (χ4v) is 8.49. The molecule has 0 amide bonds. The minimum absolute atomic E-state index is 0.0575. The second-order valence-electron chi connectivity index (χ2n) is 13.0. The smallest absolute Gasteiger partial charge is 0.135 e. The molecule has 1 aromatic heterocycles. The quantitative estimate of drug-likeness (QED) is 0.102. The summed E-state index contributed by atoms with van der Waals surface area (Å²) in [5, 5.41) is 6.58. The molecule has 0 saturated carbocycles. The van der Waals surface area contributed by atoms with E-state index in [1.54, 1.807) is 0 Å². The summed E-state index contributed by atoms with van der Waals surface area (Å²) in [6.45, 7) is 8.17. The van der Waals surface area contributed by atoms with E-state index >= 15 is 0 Å². The van der Waals surface area contributed by atoms with Crippen molar-refractivity contribution in [1.29, 1.82) is 0 Å². The van der Waals surface area contributed by atoms with Gasteiger partial charge in [-0.2, -0.15) is 0 Å². The molecule has 4 heterocycles. The van der Waals surface area contributed by atoms with E-state index < -0.39 is 0 Å². The average molecular weight is 576 g/mol. The van der Waals surface area contributed by atoms with Crippen LogP contribution in [0, 0.1) is 11.8 Å². The molecule has 218 valence electrons. The molecule has 0 aliphatic carbocycles. The summed E-state index contributed by atoms with van der Waals surface area (Å²) < 4.78 is 8.17. The first-order valence-corrected chi connectivity index (χ1v) is 16.1. The molecule has 0 spiro atoms. The van der Waals surface area contributed by atoms with Crippen molar-refractivity contribution in [3.05, 3.63) is 151 Å². The van der Waals surface area contributed by atoms with E-state index in [1.807, 2.05) is 6.20 Å². The van der Waals surface area contributed by atoms with Crippen LogP contribution in [0.1, 0.15) is 35.6 Å². The molecule has 3 fully saturated rings. The number of benzene rings is 5. The number of fused-ring (bicyclic) bond motifs is 6. The molecule has 0 unspecified atom stereocenters. The van der Waals surface area contributed by atoms with Crippen LogP contribution < -0.4 is 0 Å². The maximum atomic E-state index is 7.15. The third kappa shape index (κ3) is 4.72. The predicted molar refractivity (Wildman–Crippen MR) is 181 cm³/mol. The highest BCUT2D eigenvalue weighted by molar-refractivity contribution is 6.02. The largest absolute Gasteiger partial charge is 0.363 e. The van der Waals surface area contributed by atoms with Gasteiger partial charge in [-0.3, -0.25) is 4.98 Å². The second kappa shape index (κ2) is 11.3. The number of ether oxygens (including phenoxy) is 1. The van der Waals surface area contributed by atoms with Crippen molar-refractivity contribution in [1.82, 2.24) is 4.98 Å². The van der Waals surface area contributed by atoms with Crippen molar-refractivity contribution in [3.8, 4) is 0 Å². The third-order valence-electron chi connectivity index (χ3n) is 10.6. The molecule has 2 bridgehead atoms.